The molecule has 0 saturated carbocycles. The molecule has 0 saturated heterocycles. The molecule has 0 bridgehead atoms. The first kappa shape index (κ1) is 12.9. The summed E-state index contributed by atoms with van der Waals surface area (Å²) in [7, 11) is 0. The van der Waals surface area contributed by atoms with Crippen LogP contribution in [0.25, 0.3) is 21.9 Å². The molecule has 20 heavy (non-hydrogen) atoms. The molecule has 0 amide bonds. The van der Waals surface area contributed by atoms with E-state index in [1.807, 2.05) is 13.8 Å². The summed E-state index contributed by atoms with van der Waals surface area (Å²) in [5.41, 5.74) is 6.95. The second-order valence-electron chi connectivity index (χ2n) is 5.02. The number of rotatable bonds is 0. The van der Waals surface area contributed by atoms with Crippen LogP contribution in [0.15, 0.2) is 54.6 Å². The van der Waals surface area contributed by atoms with E-state index in [4.69, 9.17) is 0 Å². The highest BCUT2D eigenvalue weighted by molar-refractivity contribution is 6.22. The van der Waals surface area contributed by atoms with Crippen molar-refractivity contribution in [3.8, 4) is 0 Å². The van der Waals surface area contributed by atoms with Crippen molar-refractivity contribution in [3.63, 3.8) is 0 Å². The van der Waals surface area contributed by atoms with Gasteiger partial charge in [0.25, 0.3) is 0 Å². The Morgan fingerprint density at radius 3 is 2.55 bits per heavy atom. The maximum absolute atomic E-state index is 2.35. The molecule has 0 aliphatic heterocycles. The first-order valence-electron chi connectivity index (χ1n) is 7.47. The smallest absolute Gasteiger partial charge is 0.00238 e. The Balaban J connectivity index is 0.000000581. The fourth-order valence-electron chi connectivity index (χ4n) is 3.12. The van der Waals surface area contributed by atoms with Crippen molar-refractivity contribution in [1.82, 2.24) is 0 Å². The summed E-state index contributed by atoms with van der Waals surface area (Å²) in [6, 6.07) is 11.2. The summed E-state index contributed by atoms with van der Waals surface area (Å²) < 4.78 is 0. The highest BCUT2D eigenvalue weighted by Crippen LogP contribution is 2.46. The molecule has 2 aliphatic rings. The van der Waals surface area contributed by atoms with Gasteiger partial charge in [0.2, 0.25) is 0 Å². The fourth-order valence-corrected chi connectivity index (χ4v) is 3.12. The molecule has 4 rings (SSSR count). The zero-order valence-corrected chi connectivity index (χ0v) is 12.4. The molecule has 2 aliphatic carbocycles. The molecule has 2 aromatic carbocycles. The molecule has 0 heteroatoms. The molecule has 2 aromatic rings. The van der Waals surface area contributed by atoms with Crippen LogP contribution in [0.5, 0.6) is 0 Å². The fraction of sp³-hybridized carbons (Fsp3) is 0.200. The minimum absolute atomic E-state index is 1.03. The Kier molecular flexibility index (Phi) is 3.31. The zero-order chi connectivity index (χ0) is 14.1. The summed E-state index contributed by atoms with van der Waals surface area (Å²) >= 11 is 0. The molecule has 100 valence electrons. The van der Waals surface area contributed by atoms with E-state index in [1.54, 1.807) is 0 Å². The number of fused-ring (bicyclic) bond motifs is 3. The Hall–Kier alpha value is -2.08. The van der Waals surface area contributed by atoms with Crippen molar-refractivity contribution < 1.29 is 0 Å². The Labute approximate surface area is 121 Å². The van der Waals surface area contributed by atoms with Gasteiger partial charge in [0.05, 0.1) is 0 Å². The minimum Gasteiger partial charge on any atom is -0.0807 e. The maximum atomic E-state index is 2.35. The largest absolute Gasteiger partial charge is 0.0807 e. The molecule has 0 heterocycles. The average Bonchev–Trinajstić information content (AvgIpc) is 2.67. The topological polar surface area (TPSA) is 0 Å². The summed E-state index contributed by atoms with van der Waals surface area (Å²) in [6.07, 6.45) is 10.0. The van der Waals surface area contributed by atoms with Crippen molar-refractivity contribution in [3.05, 3.63) is 71.3 Å². The monoisotopic (exact) mass is 260 g/mol. The van der Waals surface area contributed by atoms with Crippen molar-refractivity contribution in [1.29, 1.82) is 0 Å². The average molecular weight is 260 g/mol. The second-order valence-corrected chi connectivity index (χ2v) is 5.02. The van der Waals surface area contributed by atoms with Crippen LogP contribution in [-0.2, 0) is 0 Å². The lowest BCUT2D eigenvalue weighted by atomic mass is 10.00. The molecule has 0 spiro atoms. The SMILES string of the molecule is CC.Cc1ccc2c3c(cccc13)C1=CC=CCC=C12. The number of hydrogen-bond donors (Lipinski definition) is 0. The highest BCUT2D eigenvalue weighted by Gasteiger charge is 2.23. The van der Waals surface area contributed by atoms with Crippen molar-refractivity contribution in [2.45, 2.75) is 27.2 Å². The van der Waals surface area contributed by atoms with Gasteiger partial charge < -0.3 is 0 Å². The van der Waals surface area contributed by atoms with Crippen LogP contribution in [-0.4, -0.2) is 0 Å². The van der Waals surface area contributed by atoms with Crippen LogP contribution in [0, 0.1) is 6.92 Å². The van der Waals surface area contributed by atoms with E-state index in [0.29, 0.717) is 0 Å². The van der Waals surface area contributed by atoms with Crippen molar-refractivity contribution in [2.75, 3.05) is 0 Å². The van der Waals surface area contributed by atoms with E-state index in [-0.39, 0.29) is 0 Å². The van der Waals surface area contributed by atoms with Crippen molar-refractivity contribution >= 4 is 21.9 Å². The minimum atomic E-state index is 1.03. The molecule has 0 aromatic heterocycles. The van der Waals surface area contributed by atoms with Gasteiger partial charge in [-0.2, -0.15) is 0 Å². The van der Waals surface area contributed by atoms with Crippen LogP contribution in [0.2, 0.25) is 0 Å². The molecule has 0 unspecified atom stereocenters. The van der Waals surface area contributed by atoms with E-state index in [1.165, 1.54) is 38.6 Å². The van der Waals surface area contributed by atoms with Crippen LogP contribution in [0.3, 0.4) is 0 Å². The number of hydrogen-bond acceptors (Lipinski definition) is 0. The van der Waals surface area contributed by atoms with Crippen LogP contribution in [0.1, 0.15) is 37.0 Å². The molecule has 0 fully saturated rings. The lowest BCUT2D eigenvalue weighted by Gasteiger charge is -2.04. The van der Waals surface area contributed by atoms with Gasteiger partial charge in [-0.1, -0.05) is 68.5 Å². The first-order valence-corrected chi connectivity index (χ1v) is 7.47. The van der Waals surface area contributed by atoms with Crippen LogP contribution < -0.4 is 0 Å². The predicted molar refractivity (Wildman–Crippen MR) is 89.7 cm³/mol. The Morgan fingerprint density at radius 1 is 0.900 bits per heavy atom. The predicted octanol–water partition coefficient (Wildman–Crippen LogP) is 5.91. The Morgan fingerprint density at radius 2 is 1.70 bits per heavy atom. The van der Waals surface area contributed by atoms with E-state index in [9.17, 15) is 0 Å². The summed E-state index contributed by atoms with van der Waals surface area (Å²) in [4.78, 5) is 0. The third-order valence-corrected chi connectivity index (χ3v) is 3.99. The van der Waals surface area contributed by atoms with Gasteiger partial charge in [-0.3, -0.25) is 0 Å². The summed E-state index contributed by atoms with van der Waals surface area (Å²) in [5.74, 6) is 0. The standard InChI is InChI=1S/C18H14.C2H6/c1-12-10-11-17-15-7-4-2-3-6-14(15)16-9-5-8-13(12)18(16)17;1-2/h2-3,5-11H,4H2,1H3;1-2H3. The lowest BCUT2D eigenvalue weighted by Crippen LogP contribution is -1.82. The zero-order valence-electron chi connectivity index (χ0n) is 12.4. The molecule has 0 radical (unpaired) electrons. The third kappa shape index (κ3) is 1.76. The molecule has 0 atom stereocenters. The summed E-state index contributed by atoms with van der Waals surface area (Å²) in [5, 5.41) is 2.83. The van der Waals surface area contributed by atoms with Crippen molar-refractivity contribution in [2.24, 2.45) is 0 Å². The second kappa shape index (κ2) is 5.13. The van der Waals surface area contributed by atoms with E-state index >= 15 is 0 Å². The molecule has 0 N–H and O–H groups in total. The van der Waals surface area contributed by atoms with Crippen LogP contribution in [0.4, 0.5) is 0 Å². The normalized spacial score (nSPS) is 14.9. The highest BCUT2D eigenvalue weighted by atomic mass is 14.3. The molecular formula is C20H20. The Bertz CT molecular complexity index is 755. The first-order chi connectivity index (χ1) is 9.86. The lowest BCUT2D eigenvalue weighted by molar-refractivity contribution is 1.41. The van der Waals surface area contributed by atoms with Gasteiger partial charge in [-0.15, -0.1) is 0 Å². The van der Waals surface area contributed by atoms with Gasteiger partial charge in [0.1, 0.15) is 0 Å². The van der Waals surface area contributed by atoms with Gasteiger partial charge >= 0.3 is 0 Å². The molecule has 0 nitrogen and oxygen atoms in total. The van der Waals surface area contributed by atoms with Gasteiger partial charge in [-0.25, -0.2) is 0 Å². The maximum Gasteiger partial charge on any atom is -0.00238 e. The number of aryl methyl sites for hydroxylation is 1. The van der Waals surface area contributed by atoms with Gasteiger partial charge in [0, 0.05) is 0 Å². The molecular weight excluding hydrogens is 240 g/mol. The number of benzene rings is 2. The number of allylic oxidation sites excluding steroid dienone is 6. The van der Waals surface area contributed by atoms with Crippen LogP contribution >= 0.6 is 0 Å². The third-order valence-electron chi connectivity index (χ3n) is 3.99. The quantitative estimate of drug-likeness (QED) is 0.552. The van der Waals surface area contributed by atoms with E-state index in [0.717, 1.165) is 6.42 Å². The van der Waals surface area contributed by atoms with Gasteiger partial charge in [-0.05, 0) is 52.0 Å². The van der Waals surface area contributed by atoms with E-state index in [2.05, 4.69) is 61.6 Å². The summed E-state index contributed by atoms with van der Waals surface area (Å²) in [6.45, 7) is 6.19. The van der Waals surface area contributed by atoms with Gasteiger partial charge in [0.15, 0.2) is 0 Å². The van der Waals surface area contributed by atoms with E-state index < -0.39 is 0 Å².